The summed E-state index contributed by atoms with van der Waals surface area (Å²) in [4.78, 5) is 0. The molecule has 0 radical (unpaired) electrons. The minimum atomic E-state index is -0.611. The molecule has 5 N–H and O–H groups in total. The molecule has 0 fully saturated rings. The zero-order chi connectivity index (χ0) is 13.0. The van der Waals surface area contributed by atoms with Gasteiger partial charge in [-0.2, -0.15) is 0 Å². The van der Waals surface area contributed by atoms with E-state index in [2.05, 4.69) is 0 Å². The molecular formula is C10H19NO4S. The van der Waals surface area contributed by atoms with Crippen molar-refractivity contribution in [3.05, 3.63) is 24.3 Å². The fourth-order valence-corrected chi connectivity index (χ4v) is 0.464. The number of benzene rings is 1. The number of phenolic OH excluding ortho intramolecular Hbond substituents is 2. The van der Waals surface area contributed by atoms with Crippen LogP contribution in [-0.2, 0) is 11.2 Å². The number of para-hydroxylation sites is 2. The maximum atomic E-state index is 9.56. The second-order valence-corrected chi connectivity index (χ2v) is 4.23. The van der Waals surface area contributed by atoms with Crippen LogP contribution >= 0.6 is 0 Å². The fourth-order valence-electron chi connectivity index (χ4n) is 0.464. The molecule has 0 aliphatic rings. The SMILES string of the molecule is C[S+](C)[O-].NCCO.Oc1ccccc1O. The van der Waals surface area contributed by atoms with Crippen LogP contribution in [0.4, 0.5) is 0 Å². The van der Waals surface area contributed by atoms with Crippen molar-refractivity contribution in [3.8, 4) is 11.5 Å². The second kappa shape index (κ2) is 12.1. The molecule has 1 rings (SSSR count). The zero-order valence-electron chi connectivity index (χ0n) is 9.46. The Balaban J connectivity index is 0. The number of nitrogens with two attached hydrogens (primary N) is 1. The van der Waals surface area contributed by atoms with Crippen molar-refractivity contribution in [2.75, 3.05) is 25.7 Å². The molecule has 1 aromatic rings. The van der Waals surface area contributed by atoms with Gasteiger partial charge in [0.15, 0.2) is 11.5 Å². The minimum Gasteiger partial charge on any atom is -0.617 e. The number of aliphatic hydroxyl groups excluding tert-OH is 1. The van der Waals surface area contributed by atoms with Gasteiger partial charge in [-0.25, -0.2) is 0 Å². The van der Waals surface area contributed by atoms with E-state index in [-0.39, 0.29) is 18.1 Å². The monoisotopic (exact) mass is 249 g/mol. The average Bonchev–Trinajstić information content (AvgIpc) is 2.22. The van der Waals surface area contributed by atoms with Gasteiger partial charge in [-0.15, -0.1) is 0 Å². The first-order valence-electron chi connectivity index (χ1n) is 4.48. The molecule has 0 heterocycles. The molecular weight excluding hydrogens is 230 g/mol. The lowest BCUT2D eigenvalue weighted by Gasteiger charge is -1.91. The third-order valence-electron chi connectivity index (χ3n) is 1.01. The Hall–Kier alpha value is -0.950. The van der Waals surface area contributed by atoms with E-state index in [1.807, 2.05) is 0 Å². The van der Waals surface area contributed by atoms with E-state index < -0.39 is 11.2 Å². The molecule has 5 nitrogen and oxygen atoms in total. The van der Waals surface area contributed by atoms with Gasteiger partial charge >= 0.3 is 0 Å². The molecule has 0 atom stereocenters. The second-order valence-electron chi connectivity index (χ2n) is 2.74. The number of rotatable bonds is 1. The van der Waals surface area contributed by atoms with Crippen LogP contribution in [0.1, 0.15) is 0 Å². The van der Waals surface area contributed by atoms with Crippen molar-refractivity contribution in [2.45, 2.75) is 0 Å². The fraction of sp³-hybridized carbons (Fsp3) is 0.400. The van der Waals surface area contributed by atoms with E-state index in [0.29, 0.717) is 6.54 Å². The largest absolute Gasteiger partial charge is 0.617 e. The van der Waals surface area contributed by atoms with Crippen molar-refractivity contribution in [1.29, 1.82) is 0 Å². The highest BCUT2D eigenvalue weighted by Crippen LogP contribution is 2.21. The van der Waals surface area contributed by atoms with Crippen LogP contribution in [0.3, 0.4) is 0 Å². The lowest BCUT2D eigenvalue weighted by atomic mass is 10.3. The Bertz CT molecular complexity index is 233. The summed E-state index contributed by atoms with van der Waals surface area (Å²) in [5.74, 6) is -0.153. The van der Waals surface area contributed by atoms with E-state index in [9.17, 15) is 4.55 Å². The lowest BCUT2D eigenvalue weighted by molar-refractivity contribution is 0.306. The Morgan fingerprint density at radius 2 is 1.44 bits per heavy atom. The van der Waals surface area contributed by atoms with Gasteiger partial charge in [-0.3, -0.25) is 0 Å². The van der Waals surface area contributed by atoms with Gasteiger partial charge in [-0.1, -0.05) is 23.3 Å². The topological polar surface area (TPSA) is 110 Å². The number of hydrogen-bond donors (Lipinski definition) is 4. The summed E-state index contributed by atoms with van der Waals surface area (Å²) in [5, 5.41) is 25.1. The van der Waals surface area contributed by atoms with E-state index in [4.69, 9.17) is 21.1 Å². The molecule has 0 bridgehead atoms. The third-order valence-corrected chi connectivity index (χ3v) is 1.01. The number of aromatic hydroxyl groups is 2. The molecule has 0 unspecified atom stereocenters. The summed E-state index contributed by atoms with van der Waals surface area (Å²) in [7, 11) is 0. The molecule has 0 aliphatic heterocycles. The Morgan fingerprint density at radius 3 is 1.56 bits per heavy atom. The van der Waals surface area contributed by atoms with Gasteiger partial charge in [0.2, 0.25) is 0 Å². The Labute approximate surface area is 98.7 Å². The molecule has 6 heteroatoms. The number of phenols is 2. The van der Waals surface area contributed by atoms with Crippen LogP contribution in [0.5, 0.6) is 11.5 Å². The summed E-state index contributed by atoms with van der Waals surface area (Å²) >= 11 is -0.611. The van der Waals surface area contributed by atoms with Gasteiger partial charge in [0.25, 0.3) is 0 Å². The van der Waals surface area contributed by atoms with Crippen LogP contribution in [0.2, 0.25) is 0 Å². The molecule has 16 heavy (non-hydrogen) atoms. The van der Waals surface area contributed by atoms with E-state index in [1.54, 1.807) is 24.6 Å². The van der Waals surface area contributed by atoms with Crippen molar-refractivity contribution < 1.29 is 19.9 Å². The molecule has 0 saturated heterocycles. The first-order valence-corrected chi connectivity index (χ1v) is 6.45. The lowest BCUT2D eigenvalue weighted by Crippen LogP contribution is -2.02. The average molecular weight is 249 g/mol. The highest BCUT2D eigenvalue weighted by molar-refractivity contribution is 7.89. The first kappa shape index (κ1) is 17.4. The normalized spacial score (nSPS) is 8.62. The zero-order valence-corrected chi connectivity index (χ0v) is 10.3. The van der Waals surface area contributed by atoms with Gasteiger partial charge in [0.05, 0.1) is 19.1 Å². The summed E-state index contributed by atoms with van der Waals surface area (Å²) in [6.07, 6.45) is 3.28. The van der Waals surface area contributed by atoms with Gasteiger partial charge < -0.3 is 25.6 Å². The summed E-state index contributed by atoms with van der Waals surface area (Å²) in [6.45, 7) is 0.472. The van der Waals surface area contributed by atoms with Crippen molar-refractivity contribution in [2.24, 2.45) is 5.73 Å². The van der Waals surface area contributed by atoms with Gasteiger partial charge in [0.1, 0.15) is 0 Å². The highest BCUT2D eigenvalue weighted by atomic mass is 32.2. The van der Waals surface area contributed by atoms with Gasteiger partial charge in [-0.05, 0) is 12.1 Å². The predicted octanol–water partition coefficient (Wildman–Crippen LogP) is 0.0299. The minimum absolute atomic E-state index is 0.0764. The highest BCUT2D eigenvalue weighted by Gasteiger charge is 1.90. The molecule has 0 saturated carbocycles. The number of aliphatic hydroxyl groups is 1. The van der Waals surface area contributed by atoms with Crippen LogP contribution in [0.15, 0.2) is 24.3 Å². The van der Waals surface area contributed by atoms with Gasteiger partial charge in [0, 0.05) is 6.54 Å². The summed E-state index contributed by atoms with van der Waals surface area (Å²) < 4.78 is 9.56. The quantitative estimate of drug-likeness (QED) is 0.414. The maximum absolute atomic E-state index is 9.56. The molecule has 0 spiro atoms. The van der Waals surface area contributed by atoms with Crippen molar-refractivity contribution >= 4 is 11.2 Å². The Kier molecular flexibility index (Phi) is 13.2. The van der Waals surface area contributed by atoms with Crippen LogP contribution in [-0.4, -0.2) is 45.5 Å². The van der Waals surface area contributed by atoms with Crippen LogP contribution in [0.25, 0.3) is 0 Å². The molecule has 0 aliphatic carbocycles. The molecule has 0 aromatic heterocycles. The first-order chi connectivity index (χ1) is 7.45. The van der Waals surface area contributed by atoms with E-state index in [0.717, 1.165) is 0 Å². The maximum Gasteiger partial charge on any atom is 0.157 e. The molecule has 1 aromatic carbocycles. The molecule has 94 valence electrons. The molecule has 0 amide bonds. The van der Waals surface area contributed by atoms with E-state index >= 15 is 0 Å². The van der Waals surface area contributed by atoms with Crippen molar-refractivity contribution in [1.82, 2.24) is 0 Å². The third kappa shape index (κ3) is 15.5. The number of hydrogen-bond acceptors (Lipinski definition) is 5. The standard InChI is InChI=1S/C6H6O2.C2H7NO.C2H6OS/c7-5-3-1-2-4-6(5)8;3-1-2-4;1-4(2)3/h1-4,7-8H;4H,1-3H2;1-2H3. The van der Waals surface area contributed by atoms with Crippen molar-refractivity contribution in [3.63, 3.8) is 0 Å². The van der Waals surface area contributed by atoms with Crippen LogP contribution in [0, 0.1) is 0 Å². The smallest absolute Gasteiger partial charge is 0.157 e. The Morgan fingerprint density at radius 1 is 1.19 bits per heavy atom. The predicted molar refractivity (Wildman–Crippen MR) is 65.9 cm³/mol. The van der Waals surface area contributed by atoms with E-state index in [1.165, 1.54) is 12.1 Å². The van der Waals surface area contributed by atoms with Crippen LogP contribution < -0.4 is 5.73 Å². The summed E-state index contributed by atoms with van der Waals surface area (Å²) in [6, 6.07) is 6.15. The summed E-state index contributed by atoms with van der Waals surface area (Å²) in [5.41, 5.74) is 4.78.